The predicted octanol–water partition coefficient (Wildman–Crippen LogP) is 5.38. The molecule has 7 aliphatic rings. The topological polar surface area (TPSA) is 170 Å². The molecule has 6 aliphatic heterocycles. The van der Waals surface area contributed by atoms with Crippen LogP contribution in [0.3, 0.4) is 0 Å². The number of esters is 1. The van der Waals surface area contributed by atoms with Crippen molar-refractivity contribution < 1.29 is 67.5 Å². The van der Waals surface area contributed by atoms with Crippen LogP contribution in [0.1, 0.15) is 93.9 Å². The van der Waals surface area contributed by atoms with E-state index in [1.807, 2.05) is 32.1 Å². The van der Waals surface area contributed by atoms with Crippen LogP contribution in [-0.4, -0.2) is 139 Å². The molecule has 14 nitrogen and oxygen atoms in total. The van der Waals surface area contributed by atoms with Crippen molar-refractivity contribution in [2.45, 2.75) is 191 Å². The molecule has 1 spiro atoms. The summed E-state index contributed by atoms with van der Waals surface area (Å²) < 4.78 is 63.7. The molecule has 7 rings (SSSR count). The van der Waals surface area contributed by atoms with E-state index in [4.69, 9.17) is 47.4 Å². The van der Waals surface area contributed by atoms with Gasteiger partial charge in [-0.2, -0.15) is 0 Å². The maximum Gasteiger partial charge on any atom is 0.316 e. The molecule has 6 heterocycles. The van der Waals surface area contributed by atoms with Crippen LogP contribution in [0.4, 0.5) is 0 Å². The van der Waals surface area contributed by atoms with Gasteiger partial charge < -0.3 is 62.7 Å². The number of ether oxygens (including phenoxy) is 10. The lowest BCUT2D eigenvalue weighted by Gasteiger charge is -2.48. The van der Waals surface area contributed by atoms with Crippen molar-refractivity contribution in [2.24, 2.45) is 23.7 Å². The van der Waals surface area contributed by atoms with Gasteiger partial charge in [0.15, 0.2) is 18.4 Å². The van der Waals surface area contributed by atoms with Gasteiger partial charge in [-0.1, -0.05) is 70.6 Å². The predicted molar refractivity (Wildman–Crippen MR) is 227 cm³/mol. The SMILES string of the molecule is CC[C@H](C)[C@H]1O[C@]2(C=C[C@@H]1C)C[C@@H]1C[C@@H](C/C=C(\C)[C@@H](O[C@H]3C[C@@H](OC)[C@@H](O[C@H]4C[C@@H](OC)[C@@H](O)[C@H](C)O4)[C@H](C)O3)[C@@H](C)/C=C/C=C3\CO[C@@H]4[C@H](O)C(C)=C[C@@H](C(=O)O1)[C@]34O)O2. The summed E-state index contributed by atoms with van der Waals surface area (Å²) in [6.45, 7) is 16.1. The third-order valence-electron chi connectivity index (χ3n) is 14.5. The van der Waals surface area contributed by atoms with Crippen LogP contribution in [0, 0.1) is 23.7 Å². The Morgan fingerprint density at radius 2 is 1.60 bits per heavy atom. The van der Waals surface area contributed by atoms with Crippen molar-refractivity contribution in [3.05, 3.63) is 59.3 Å². The highest BCUT2D eigenvalue weighted by Gasteiger charge is 2.60. The molecule has 0 aromatic heterocycles. The molecule has 14 heteroatoms. The van der Waals surface area contributed by atoms with E-state index in [-0.39, 0.29) is 42.7 Å². The standard InChI is InChI=1S/C48H72O14/c1-11-25(2)43-28(5)17-18-47(62-43)23-34-20-33(61-47)16-15-27(4)42(26(3)13-12-14-32-24-55-45-40(49)29(6)19-35(46(51)58-34)48(32,45)52)59-39-22-37(54-10)44(31(8)57-39)60-38-21-36(53-9)41(50)30(7)56-38/h12-15,17-19,25-26,28,30-31,33-45,49-50,52H,11,16,20-24H2,1-10H3/b13-12+,27-15+,32-14+/t25-,26-,28-,30-,31-,33+,34-,35-,36+,37+,38-,39-,40+,41-,42-,43+,44-,45+,47+,48+/m0/s1. The Morgan fingerprint density at radius 3 is 2.32 bits per heavy atom. The third kappa shape index (κ3) is 9.64. The first-order chi connectivity index (χ1) is 29.5. The first kappa shape index (κ1) is 47.6. The monoisotopic (exact) mass is 872 g/mol. The summed E-state index contributed by atoms with van der Waals surface area (Å²) in [5.41, 5.74) is 0.134. The van der Waals surface area contributed by atoms with Crippen LogP contribution in [0.2, 0.25) is 0 Å². The second-order valence-electron chi connectivity index (χ2n) is 19.0. The number of rotatable bonds is 8. The Kier molecular flexibility index (Phi) is 15.1. The Labute approximate surface area is 367 Å². The molecule has 4 fully saturated rings. The fourth-order valence-corrected chi connectivity index (χ4v) is 10.6. The van der Waals surface area contributed by atoms with Gasteiger partial charge in [0.25, 0.3) is 0 Å². The highest BCUT2D eigenvalue weighted by molar-refractivity contribution is 5.78. The van der Waals surface area contributed by atoms with Gasteiger partial charge in [-0.15, -0.1) is 0 Å². The number of methoxy groups -OCH3 is 2. The lowest BCUT2D eigenvalue weighted by Crippen LogP contribution is -2.58. The first-order valence-electron chi connectivity index (χ1n) is 22.9. The molecule has 0 unspecified atom stereocenters. The number of carbonyl (C=O) groups excluding carboxylic acids is 1. The van der Waals surface area contributed by atoms with Gasteiger partial charge in [0.05, 0.1) is 49.3 Å². The second-order valence-corrected chi connectivity index (χ2v) is 19.0. The van der Waals surface area contributed by atoms with Crippen LogP contribution in [0.15, 0.2) is 59.3 Å². The van der Waals surface area contributed by atoms with Crippen molar-refractivity contribution >= 4 is 5.97 Å². The molecular weight excluding hydrogens is 801 g/mol. The normalized spacial score (nSPS) is 49.1. The summed E-state index contributed by atoms with van der Waals surface area (Å²) in [5.74, 6) is -2.56. The first-order valence-corrected chi connectivity index (χ1v) is 22.9. The number of fused-ring (bicyclic) bond motifs is 2. The Morgan fingerprint density at radius 1 is 0.887 bits per heavy atom. The van der Waals surface area contributed by atoms with E-state index in [1.54, 1.807) is 40.2 Å². The van der Waals surface area contributed by atoms with Gasteiger partial charge in [-0.05, 0) is 62.8 Å². The second kappa shape index (κ2) is 19.7. The lowest BCUT2D eigenvalue weighted by atomic mass is 9.71. The Balaban J connectivity index is 1.18. The number of carbonyl (C=O) groups is 1. The zero-order valence-corrected chi connectivity index (χ0v) is 38.2. The number of aliphatic hydroxyl groups is 3. The van der Waals surface area contributed by atoms with E-state index in [0.29, 0.717) is 43.3 Å². The van der Waals surface area contributed by atoms with Crippen LogP contribution in [0.25, 0.3) is 0 Å². The summed E-state index contributed by atoms with van der Waals surface area (Å²) in [7, 11) is 3.22. The van der Waals surface area contributed by atoms with Crippen molar-refractivity contribution in [2.75, 3.05) is 20.8 Å². The van der Waals surface area contributed by atoms with E-state index in [9.17, 15) is 20.1 Å². The zero-order chi connectivity index (χ0) is 44.7. The molecule has 2 bridgehead atoms. The fourth-order valence-electron chi connectivity index (χ4n) is 10.6. The molecule has 62 heavy (non-hydrogen) atoms. The minimum atomic E-state index is -1.84. The molecule has 20 atom stereocenters. The average Bonchev–Trinajstić information content (AvgIpc) is 3.58. The smallest absolute Gasteiger partial charge is 0.316 e. The number of allylic oxidation sites excluding steroid dienone is 2. The molecule has 0 saturated carbocycles. The van der Waals surface area contributed by atoms with E-state index in [0.717, 1.165) is 12.0 Å². The molecule has 348 valence electrons. The van der Waals surface area contributed by atoms with Crippen LogP contribution < -0.4 is 0 Å². The largest absolute Gasteiger partial charge is 0.462 e. The number of aliphatic hydroxyl groups excluding tert-OH is 2. The lowest BCUT2D eigenvalue weighted by molar-refractivity contribution is -0.318. The maximum atomic E-state index is 14.3. The average molecular weight is 873 g/mol. The van der Waals surface area contributed by atoms with Crippen molar-refractivity contribution in [1.82, 2.24) is 0 Å². The Bertz CT molecular complexity index is 1730. The molecule has 1 aliphatic carbocycles. The summed E-state index contributed by atoms with van der Waals surface area (Å²) in [5, 5.41) is 34.2. The van der Waals surface area contributed by atoms with Gasteiger partial charge in [-0.3, -0.25) is 4.79 Å². The van der Waals surface area contributed by atoms with Gasteiger partial charge in [0.1, 0.15) is 42.0 Å². The van der Waals surface area contributed by atoms with Gasteiger partial charge in [0, 0.05) is 51.7 Å². The highest BCUT2D eigenvalue weighted by Crippen LogP contribution is 2.47. The molecule has 3 N–H and O–H groups in total. The molecule has 0 amide bonds. The highest BCUT2D eigenvalue weighted by atomic mass is 16.7. The molecule has 4 saturated heterocycles. The van der Waals surface area contributed by atoms with Crippen molar-refractivity contribution in [3.8, 4) is 0 Å². The molecule has 0 aromatic rings. The summed E-state index contributed by atoms with van der Waals surface area (Å²) in [6, 6.07) is 0. The van der Waals surface area contributed by atoms with Crippen molar-refractivity contribution in [3.63, 3.8) is 0 Å². The fraction of sp³-hybridized carbons (Fsp3) is 0.771. The van der Waals surface area contributed by atoms with Crippen LogP contribution in [-0.2, 0) is 52.2 Å². The maximum absolute atomic E-state index is 14.3. The minimum absolute atomic E-state index is 0.0317. The van der Waals surface area contributed by atoms with Crippen molar-refractivity contribution in [1.29, 1.82) is 0 Å². The Hall–Kier alpha value is -2.31. The van der Waals surface area contributed by atoms with E-state index in [1.165, 1.54) is 0 Å². The van der Waals surface area contributed by atoms with Gasteiger partial charge in [0.2, 0.25) is 0 Å². The molecule has 0 aromatic carbocycles. The molecular formula is C48H72O14. The van der Waals surface area contributed by atoms with Crippen LogP contribution >= 0.6 is 0 Å². The number of hydrogen-bond acceptors (Lipinski definition) is 14. The summed E-state index contributed by atoms with van der Waals surface area (Å²) in [6.07, 6.45) is 8.55. The van der Waals surface area contributed by atoms with E-state index in [2.05, 4.69) is 39.8 Å². The van der Waals surface area contributed by atoms with E-state index >= 15 is 0 Å². The molecule has 0 radical (unpaired) electrons. The quantitative estimate of drug-likeness (QED) is 0.210. The minimum Gasteiger partial charge on any atom is -0.462 e. The summed E-state index contributed by atoms with van der Waals surface area (Å²) >= 11 is 0. The van der Waals surface area contributed by atoms with Crippen LogP contribution in [0.5, 0.6) is 0 Å². The van der Waals surface area contributed by atoms with Gasteiger partial charge in [-0.25, -0.2) is 0 Å². The summed E-state index contributed by atoms with van der Waals surface area (Å²) in [4.78, 5) is 14.3. The third-order valence-corrected chi connectivity index (χ3v) is 14.5. The number of hydrogen-bond donors (Lipinski definition) is 3. The van der Waals surface area contributed by atoms with E-state index < -0.39 is 90.8 Å². The zero-order valence-electron chi connectivity index (χ0n) is 38.2. The van der Waals surface area contributed by atoms with Gasteiger partial charge >= 0.3 is 5.97 Å².